The maximum Gasteiger partial charge on any atom is 0.268 e. The van der Waals surface area contributed by atoms with Gasteiger partial charge in [0, 0.05) is 10.2 Å². The Kier molecular flexibility index (Phi) is 6.97. The number of rotatable bonds is 7. The van der Waals surface area contributed by atoms with E-state index in [0.29, 0.717) is 11.3 Å². The minimum absolute atomic E-state index is 0.0873. The molecule has 0 radical (unpaired) electrons. The minimum atomic E-state index is -4.21. The predicted molar refractivity (Wildman–Crippen MR) is 121 cm³/mol. The van der Waals surface area contributed by atoms with Crippen LogP contribution in [0.25, 0.3) is 0 Å². The Hall–Kier alpha value is -2.91. The van der Waals surface area contributed by atoms with Crippen LogP contribution in [-0.2, 0) is 14.8 Å². The zero-order valence-corrected chi connectivity index (χ0v) is 19.2. The van der Waals surface area contributed by atoms with Crippen LogP contribution in [0.1, 0.15) is 5.56 Å². The lowest BCUT2D eigenvalue weighted by atomic mass is 10.2. The van der Waals surface area contributed by atoms with E-state index in [4.69, 9.17) is 4.74 Å². The van der Waals surface area contributed by atoms with Crippen molar-refractivity contribution in [2.75, 3.05) is 23.3 Å². The largest absolute Gasteiger partial charge is 0.495 e. The third-order valence-corrected chi connectivity index (χ3v) is 6.74. The molecule has 0 bridgehead atoms. The van der Waals surface area contributed by atoms with E-state index in [1.807, 2.05) is 0 Å². The number of benzene rings is 3. The highest BCUT2D eigenvalue weighted by atomic mass is 79.9. The van der Waals surface area contributed by atoms with Gasteiger partial charge in [-0.25, -0.2) is 12.8 Å². The molecule has 1 N–H and O–H groups in total. The summed E-state index contributed by atoms with van der Waals surface area (Å²) in [5.74, 6) is -0.929. The van der Waals surface area contributed by atoms with Crippen molar-refractivity contribution in [2.24, 2.45) is 0 Å². The van der Waals surface area contributed by atoms with E-state index in [0.717, 1.165) is 20.9 Å². The average molecular weight is 507 g/mol. The maximum atomic E-state index is 13.5. The first kappa shape index (κ1) is 22.8. The van der Waals surface area contributed by atoms with Crippen LogP contribution in [0, 0.1) is 12.7 Å². The van der Waals surface area contributed by atoms with E-state index in [2.05, 4.69) is 21.2 Å². The summed E-state index contributed by atoms with van der Waals surface area (Å²) < 4.78 is 47.6. The molecule has 3 aromatic carbocycles. The summed E-state index contributed by atoms with van der Waals surface area (Å²) in [5.41, 5.74) is 1.37. The van der Waals surface area contributed by atoms with E-state index in [1.54, 1.807) is 43.3 Å². The van der Waals surface area contributed by atoms with E-state index in [9.17, 15) is 17.6 Å². The van der Waals surface area contributed by atoms with Gasteiger partial charge >= 0.3 is 0 Å². The first-order chi connectivity index (χ1) is 14.7. The Morgan fingerprint density at radius 3 is 2.32 bits per heavy atom. The number of methoxy groups -OCH3 is 1. The standard InChI is InChI=1S/C22H20BrFN2O4S/c1-15-3-12-20(30-2)21(13-15)31(28,29)26(19-10-6-17(24)7-11-19)14-22(27)25-18-8-4-16(23)5-9-18/h3-13H,14H2,1-2H3,(H,25,27). The molecule has 0 aliphatic rings. The minimum Gasteiger partial charge on any atom is -0.495 e. The Morgan fingerprint density at radius 1 is 1.06 bits per heavy atom. The van der Waals surface area contributed by atoms with Crippen molar-refractivity contribution < 1.29 is 22.3 Å². The van der Waals surface area contributed by atoms with Crippen LogP contribution >= 0.6 is 15.9 Å². The molecule has 0 aliphatic carbocycles. The molecule has 9 heteroatoms. The molecule has 0 heterocycles. The van der Waals surface area contributed by atoms with Gasteiger partial charge in [-0.1, -0.05) is 22.0 Å². The van der Waals surface area contributed by atoms with Crippen molar-refractivity contribution >= 4 is 43.2 Å². The van der Waals surface area contributed by atoms with Gasteiger partial charge in [0.2, 0.25) is 5.91 Å². The van der Waals surface area contributed by atoms with E-state index in [1.165, 1.54) is 25.3 Å². The molecule has 0 saturated carbocycles. The smallest absolute Gasteiger partial charge is 0.268 e. The van der Waals surface area contributed by atoms with Crippen LogP contribution in [0.4, 0.5) is 15.8 Å². The second kappa shape index (κ2) is 9.49. The van der Waals surface area contributed by atoms with Gasteiger partial charge < -0.3 is 10.1 Å². The number of hydrogen-bond acceptors (Lipinski definition) is 4. The SMILES string of the molecule is COc1ccc(C)cc1S(=O)(=O)N(CC(=O)Nc1ccc(Br)cc1)c1ccc(F)cc1. The molecule has 1 amide bonds. The Morgan fingerprint density at radius 2 is 1.71 bits per heavy atom. The van der Waals surface area contributed by atoms with Crippen molar-refractivity contribution in [3.63, 3.8) is 0 Å². The Labute approximate surface area is 188 Å². The van der Waals surface area contributed by atoms with Gasteiger partial charge in [0.1, 0.15) is 23.0 Å². The lowest BCUT2D eigenvalue weighted by Crippen LogP contribution is -2.38. The Balaban J connectivity index is 2.00. The summed E-state index contributed by atoms with van der Waals surface area (Å²) in [7, 11) is -2.84. The molecule has 6 nitrogen and oxygen atoms in total. The quantitative estimate of drug-likeness (QED) is 0.502. The zero-order chi connectivity index (χ0) is 22.6. The molecule has 0 atom stereocenters. The van der Waals surface area contributed by atoms with Crippen molar-refractivity contribution in [1.29, 1.82) is 0 Å². The fraction of sp³-hybridized carbons (Fsp3) is 0.136. The number of hydrogen-bond donors (Lipinski definition) is 1. The maximum absolute atomic E-state index is 13.5. The molecule has 0 saturated heterocycles. The number of aryl methyl sites for hydroxylation is 1. The van der Waals surface area contributed by atoms with Crippen LogP contribution in [-0.4, -0.2) is 28.0 Å². The summed E-state index contributed by atoms with van der Waals surface area (Å²) in [6.07, 6.45) is 0. The van der Waals surface area contributed by atoms with Gasteiger partial charge in [0.05, 0.1) is 12.8 Å². The lowest BCUT2D eigenvalue weighted by Gasteiger charge is -2.25. The van der Waals surface area contributed by atoms with Crippen LogP contribution in [0.15, 0.2) is 76.1 Å². The van der Waals surface area contributed by atoms with Gasteiger partial charge in [0.15, 0.2) is 0 Å². The molecule has 3 rings (SSSR count). The number of nitrogens with one attached hydrogen (secondary N) is 1. The van der Waals surface area contributed by atoms with E-state index in [-0.39, 0.29) is 16.3 Å². The van der Waals surface area contributed by atoms with Crippen molar-refractivity contribution in [3.05, 3.63) is 82.6 Å². The van der Waals surface area contributed by atoms with Crippen LogP contribution < -0.4 is 14.4 Å². The zero-order valence-electron chi connectivity index (χ0n) is 16.8. The number of ether oxygens (including phenoxy) is 1. The number of amides is 1. The van der Waals surface area contributed by atoms with Gasteiger partial charge in [-0.15, -0.1) is 0 Å². The topological polar surface area (TPSA) is 75.7 Å². The second-order valence-electron chi connectivity index (χ2n) is 6.70. The fourth-order valence-electron chi connectivity index (χ4n) is 2.89. The first-order valence-corrected chi connectivity index (χ1v) is 11.4. The van der Waals surface area contributed by atoms with Crippen molar-refractivity contribution in [2.45, 2.75) is 11.8 Å². The van der Waals surface area contributed by atoms with E-state index >= 15 is 0 Å². The van der Waals surface area contributed by atoms with Crippen molar-refractivity contribution in [1.82, 2.24) is 0 Å². The third kappa shape index (κ3) is 5.42. The number of carbonyl (C=O) groups excluding carboxylic acids is 1. The highest BCUT2D eigenvalue weighted by molar-refractivity contribution is 9.10. The predicted octanol–water partition coefficient (Wildman–Crippen LogP) is 4.74. The highest BCUT2D eigenvalue weighted by Crippen LogP contribution is 2.31. The molecule has 0 unspecified atom stereocenters. The van der Waals surface area contributed by atoms with Gasteiger partial charge in [-0.3, -0.25) is 9.10 Å². The molecule has 0 fully saturated rings. The molecule has 0 spiro atoms. The number of halogens is 2. The summed E-state index contributed by atoms with van der Waals surface area (Å²) in [6.45, 7) is 1.24. The summed E-state index contributed by atoms with van der Waals surface area (Å²) in [5, 5.41) is 2.67. The first-order valence-electron chi connectivity index (χ1n) is 9.19. The average Bonchev–Trinajstić information content (AvgIpc) is 2.74. The number of carbonyl (C=O) groups is 1. The second-order valence-corrected chi connectivity index (χ2v) is 9.44. The van der Waals surface area contributed by atoms with Crippen LogP contribution in [0.3, 0.4) is 0 Å². The third-order valence-electron chi connectivity index (χ3n) is 4.42. The Bertz CT molecular complexity index is 1180. The fourth-order valence-corrected chi connectivity index (χ4v) is 4.82. The number of anilines is 2. The van der Waals surface area contributed by atoms with Crippen LogP contribution in [0.2, 0.25) is 0 Å². The summed E-state index contributed by atoms with van der Waals surface area (Å²) in [6, 6.07) is 16.5. The van der Waals surface area contributed by atoms with Gasteiger partial charge in [0.25, 0.3) is 10.0 Å². The lowest BCUT2D eigenvalue weighted by molar-refractivity contribution is -0.114. The molecule has 0 aliphatic heterocycles. The molecular formula is C22H20BrFN2O4S. The normalized spacial score (nSPS) is 11.1. The van der Waals surface area contributed by atoms with E-state index < -0.39 is 28.3 Å². The van der Waals surface area contributed by atoms with Crippen molar-refractivity contribution in [3.8, 4) is 5.75 Å². The molecule has 31 heavy (non-hydrogen) atoms. The number of sulfonamides is 1. The molecule has 162 valence electrons. The van der Waals surface area contributed by atoms with Gasteiger partial charge in [-0.2, -0.15) is 0 Å². The molecule has 0 aromatic heterocycles. The monoisotopic (exact) mass is 506 g/mol. The number of nitrogens with zero attached hydrogens (tertiary/aromatic N) is 1. The summed E-state index contributed by atoms with van der Waals surface area (Å²) in [4.78, 5) is 12.6. The molecular weight excluding hydrogens is 487 g/mol. The molecule has 3 aromatic rings. The highest BCUT2D eigenvalue weighted by Gasteiger charge is 2.30. The van der Waals surface area contributed by atoms with Gasteiger partial charge in [-0.05, 0) is 73.2 Å². The van der Waals surface area contributed by atoms with Crippen LogP contribution in [0.5, 0.6) is 5.75 Å². The summed E-state index contributed by atoms with van der Waals surface area (Å²) >= 11 is 3.32.